The lowest BCUT2D eigenvalue weighted by atomic mass is 10.2. The first-order valence-corrected chi connectivity index (χ1v) is 4.99. The van der Waals surface area contributed by atoms with Crippen molar-refractivity contribution < 1.29 is 0 Å². The minimum atomic E-state index is 0.248. The molecule has 0 amide bonds. The molecule has 0 aliphatic heterocycles. The number of rotatable bonds is 2. The first kappa shape index (κ1) is 9.36. The van der Waals surface area contributed by atoms with E-state index in [9.17, 15) is 0 Å². The molecular weight excluding hydrogens is 196 g/mol. The van der Waals surface area contributed by atoms with Gasteiger partial charge in [0.15, 0.2) is 0 Å². The molecule has 1 fully saturated rings. The molecule has 72 valence electrons. The molecule has 0 atom stereocenters. The predicted molar refractivity (Wildman–Crippen MR) is 57.4 cm³/mol. The van der Waals surface area contributed by atoms with E-state index >= 15 is 0 Å². The van der Waals surface area contributed by atoms with Gasteiger partial charge in [-0.2, -0.15) is 5.26 Å². The Hall–Kier alpha value is -1.20. The van der Waals surface area contributed by atoms with Gasteiger partial charge >= 0.3 is 0 Å². The predicted octanol–water partition coefficient (Wildman–Crippen LogP) is 3.18. The lowest BCUT2D eigenvalue weighted by molar-refractivity contribution is 0.829. The smallest absolute Gasteiger partial charge is 0.101 e. The van der Waals surface area contributed by atoms with Crippen molar-refractivity contribution in [3.8, 4) is 6.07 Å². The number of hydrogen-bond acceptors (Lipinski definition) is 2. The number of hydrogen-bond donors (Lipinski definition) is 1. The van der Waals surface area contributed by atoms with E-state index in [1.807, 2.05) is 18.2 Å². The summed E-state index contributed by atoms with van der Waals surface area (Å²) in [5.74, 6) is 0. The Morgan fingerprint density at radius 2 is 2.21 bits per heavy atom. The van der Waals surface area contributed by atoms with E-state index < -0.39 is 0 Å². The van der Waals surface area contributed by atoms with Gasteiger partial charge in [-0.3, -0.25) is 0 Å². The third-order valence-corrected chi connectivity index (χ3v) is 2.85. The maximum absolute atomic E-state index is 8.70. The maximum atomic E-state index is 8.70. The van der Waals surface area contributed by atoms with Gasteiger partial charge in [0, 0.05) is 11.2 Å². The highest BCUT2D eigenvalue weighted by atomic mass is 35.5. The van der Waals surface area contributed by atoms with E-state index in [2.05, 4.69) is 12.2 Å². The third kappa shape index (κ3) is 1.83. The van der Waals surface area contributed by atoms with Crippen LogP contribution in [-0.2, 0) is 0 Å². The highest BCUT2D eigenvalue weighted by Gasteiger charge is 2.36. The summed E-state index contributed by atoms with van der Waals surface area (Å²) >= 11 is 5.92. The Bertz CT molecular complexity index is 402. The van der Waals surface area contributed by atoms with E-state index in [1.165, 1.54) is 12.8 Å². The van der Waals surface area contributed by atoms with E-state index in [1.54, 1.807) is 6.07 Å². The Kier molecular flexibility index (Phi) is 2.13. The van der Waals surface area contributed by atoms with Crippen LogP contribution in [0.3, 0.4) is 0 Å². The van der Waals surface area contributed by atoms with Gasteiger partial charge in [0.05, 0.1) is 10.6 Å². The summed E-state index contributed by atoms with van der Waals surface area (Å²) in [6, 6.07) is 7.49. The van der Waals surface area contributed by atoms with Crippen LogP contribution in [0.4, 0.5) is 5.69 Å². The summed E-state index contributed by atoms with van der Waals surface area (Å²) in [5, 5.41) is 12.6. The molecule has 0 saturated heterocycles. The zero-order valence-corrected chi connectivity index (χ0v) is 8.73. The van der Waals surface area contributed by atoms with Gasteiger partial charge in [0.2, 0.25) is 0 Å². The molecule has 1 aliphatic carbocycles. The molecule has 1 N–H and O–H groups in total. The van der Waals surface area contributed by atoms with Crippen LogP contribution in [-0.4, -0.2) is 5.54 Å². The Balaban J connectivity index is 2.21. The van der Waals surface area contributed by atoms with Crippen molar-refractivity contribution in [1.82, 2.24) is 0 Å². The molecule has 14 heavy (non-hydrogen) atoms. The monoisotopic (exact) mass is 206 g/mol. The first-order chi connectivity index (χ1) is 6.63. The number of nitriles is 1. The molecule has 1 saturated carbocycles. The zero-order chi connectivity index (χ0) is 10.2. The van der Waals surface area contributed by atoms with Crippen LogP contribution in [0.5, 0.6) is 0 Å². The zero-order valence-electron chi connectivity index (χ0n) is 7.97. The lowest BCUT2D eigenvalue weighted by Crippen LogP contribution is -2.15. The molecule has 3 heteroatoms. The number of halogens is 1. The van der Waals surface area contributed by atoms with Gasteiger partial charge in [-0.1, -0.05) is 11.6 Å². The standard InChI is InChI=1S/C11H11ClN2/c1-11(4-5-11)14-9-3-2-8(7-13)10(12)6-9/h2-3,6,14H,4-5H2,1H3. The Morgan fingerprint density at radius 1 is 1.50 bits per heavy atom. The average molecular weight is 207 g/mol. The average Bonchev–Trinajstić information content (AvgIpc) is 2.84. The normalized spacial score (nSPS) is 17.2. The molecule has 2 rings (SSSR count). The molecule has 1 aromatic rings. The molecule has 1 aliphatic rings. The Morgan fingerprint density at radius 3 is 2.71 bits per heavy atom. The molecule has 0 radical (unpaired) electrons. The van der Waals surface area contributed by atoms with Crippen LogP contribution < -0.4 is 5.32 Å². The van der Waals surface area contributed by atoms with Gasteiger partial charge in [0.1, 0.15) is 6.07 Å². The lowest BCUT2D eigenvalue weighted by Gasteiger charge is -2.13. The van der Waals surface area contributed by atoms with Crippen molar-refractivity contribution in [2.75, 3.05) is 5.32 Å². The van der Waals surface area contributed by atoms with E-state index in [4.69, 9.17) is 16.9 Å². The SMILES string of the molecule is CC1(Nc2ccc(C#N)c(Cl)c2)CC1. The second-order valence-electron chi connectivity index (χ2n) is 3.99. The van der Waals surface area contributed by atoms with Crippen molar-refractivity contribution in [3.63, 3.8) is 0 Å². The summed E-state index contributed by atoms with van der Waals surface area (Å²) in [4.78, 5) is 0. The van der Waals surface area contributed by atoms with Gasteiger partial charge in [-0.05, 0) is 38.0 Å². The molecule has 0 spiro atoms. The van der Waals surface area contributed by atoms with Crippen LogP contribution in [0.25, 0.3) is 0 Å². The minimum absolute atomic E-state index is 0.248. The molecule has 0 unspecified atom stereocenters. The quantitative estimate of drug-likeness (QED) is 0.807. The maximum Gasteiger partial charge on any atom is 0.101 e. The second-order valence-corrected chi connectivity index (χ2v) is 4.40. The number of nitrogens with one attached hydrogen (secondary N) is 1. The van der Waals surface area contributed by atoms with E-state index in [0.717, 1.165) is 5.69 Å². The number of benzene rings is 1. The summed E-state index contributed by atoms with van der Waals surface area (Å²) in [7, 11) is 0. The van der Waals surface area contributed by atoms with Gasteiger partial charge in [0.25, 0.3) is 0 Å². The third-order valence-electron chi connectivity index (χ3n) is 2.54. The van der Waals surface area contributed by atoms with Crippen molar-refractivity contribution in [1.29, 1.82) is 5.26 Å². The van der Waals surface area contributed by atoms with Crippen molar-refractivity contribution in [2.45, 2.75) is 25.3 Å². The van der Waals surface area contributed by atoms with Crippen LogP contribution in [0.1, 0.15) is 25.3 Å². The molecule has 2 nitrogen and oxygen atoms in total. The molecule has 1 aromatic carbocycles. The largest absolute Gasteiger partial charge is 0.380 e. The summed E-state index contributed by atoms with van der Waals surface area (Å²) in [5.41, 5.74) is 1.77. The first-order valence-electron chi connectivity index (χ1n) is 4.61. The highest BCUT2D eigenvalue weighted by Crippen LogP contribution is 2.38. The number of anilines is 1. The minimum Gasteiger partial charge on any atom is -0.380 e. The Labute approximate surface area is 88.5 Å². The summed E-state index contributed by atoms with van der Waals surface area (Å²) in [6.45, 7) is 2.18. The van der Waals surface area contributed by atoms with E-state index in [0.29, 0.717) is 10.6 Å². The second kappa shape index (κ2) is 3.18. The summed E-state index contributed by atoms with van der Waals surface area (Å²) < 4.78 is 0. The van der Waals surface area contributed by atoms with Crippen LogP contribution >= 0.6 is 11.6 Å². The van der Waals surface area contributed by atoms with Gasteiger partial charge < -0.3 is 5.32 Å². The fourth-order valence-electron chi connectivity index (χ4n) is 1.34. The summed E-state index contributed by atoms with van der Waals surface area (Å²) in [6.07, 6.45) is 2.40. The van der Waals surface area contributed by atoms with Crippen LogP contribution in [0, 0.1) is 11.3 Å². The van der Waals surface area contributed by atoms with Crippen molar-refractivity contribution in [3.05, 3.63) is 28.8 Å². The molecule has 0 aromatic heterocycles. The van der Waals surface area contributed by atoms with Crippen molar-refractivity contribution in [2.24, 2.45) is 0 Å². The van der Waals surface area contributed by atoms with Crippen LogP contribution in [0.2, 0.25) is 5.02 Å². The van der Waals surface area contributed by atoms with E-state index in [-0.39, 0.29) is 5.54 Å². The number of nitrogens with zero attached hydrogens (tertiary/aromatic N) is 1. The fraction of sp³-hybridized carbons (Fsp3) is 0.364. The molecular formula is C11H11ClN2. The molecule has 0 heterocycles. The van der Waals surface area contributed by atoms with Gasteiger partial charge in [-0.15, -0.1) is 0 Å². The topological polar surface area (TPSA) is 35.8 Å². The fourth-order valence-corrected chi connectivity index (χ4v) is 1.57. The van der Waals surface area contributed by atoms with Crippen molar-refractivity contribution >= 4 is 17.3 Å². The highest BCUT2D eigenvalue weighted by molar-refractivity contribution is 6.32. The van der Waals surface area contributed by atoms with Gasteiger partial charge in [-0.25, -0.2) is 0 Å². The van der Waals surface area contributed by atoms with Crippen LogP contribution in [0.15, 0.2) is 18.2 Å². The molecule has 0 bridgehead atoms.